The molecular formula is C11H12N2O2S. The van der Waals surface area contributed by atoms with Crippen LogP contribution in [0.25, 0.3) is 10.2 Å². The molecule has 5 heteroatoms. The van der Waals surface area contributed by atoms with Gasteiger partial charge in [-0.3, -0.25) is 4.79 Å². The van der Waals surface area contributed by atoms with Crippen LogP contribution in [0.2, 0.25) is 0 Å². The van der Waals surface area contributed by atoms with Gasteiger partial charge in [0.05, 0.1) is 15.2 Å². The van der Waals surface area contributed by atoms with Crippen molar-refractivity contribution >= 4 is 27.5 Å². The Kier molecular flexibility index (Phi) is 2.89. The second-order valence-corrected chi connectivity index (χ2v) is 4.85. The van der Waals surface area contributed by atoms with E-state index >= 15 is 0 Å². The summed E-state index contributed by atoms with van der Waals surface area (Å²) in [5.41, 5.74) is 7.40. The predicted molar refractivity (Wildman–Crippen MR) is 63.7 cm³/mol. The maximum atomic E-state index is 10.7. The number of nitrogens with two attached hydrogens (primary N) is 1. The summed E-state index contributed by atoms with van der Waals surface area (Å²) >= 11 is 1.57. The van der Waals surface area contributed by atoms with E-state index in [4.69, 9.17) is 10.8 Å². The van der Waals surface area contributed by atoms with E-state index in [-0.39, 0.29) is 0 Å². The molecule has 0 aliphatic carbocycles. The lowest BCUT2D eigenvalue weighted by Crippen LogP contribution is -2.32. The zero-order chi connectivity index (χ0) is 11.7. The summed E-state index contributed by atoms with van der Waals surface area (Å²) in [7, 11) is 0. The molecule has 4 nitrogen and oxygen atoms in total. The molecule has 0 spiro atoms. The van der Waals surface area contributed by atoms with Gasteiger partial charge in [-0.15, -0.1) is 11.3 Å². The SMILES string of the molecule is Cc1nc2cccc(CC(N)C(=O)O)c2s1. The van der Waals surface area contributed by atoms with Gasteiger partial charge in [-0.2, -0.15) is 0 Å². The third-order valence-corrected chi connectivity index (χ3v) is 3.42. The number of aliphatic carboxylic acids is 1. The van der Waals surface area contributed by atoms with Crippen LogP contribution < -0.4 is 5.73 Å². The van der Waals surface area contributed by atoms with Gasteiger partial charge in [0.25, 0.3) is 0 Å². The van der Waals surface area contributed by atoms with Crippen LogP contribution in [0.4, 0.5) is 0 Å². The summed E-state index contributed by atoms with van der Waals surface area (Å²) in [5, 5.41) is 9.76. The highest BCUT2D eigenvalue weighted by Gasteiger charge is 2.14. The van der Waals surface area contributed by atoms with Gasteiger partial charge in [-0.25, -0.2) is 4.98 Å². The van der Waals surface area contributed by atoms with Crippen LogP contribution in [0, 0.1) is 6.92 Å². The molecule has 0 bridgehead atoms. The fraction of sp³-hybridized carbons (Fsp3) is 0.273. The standard InChI is InChI=1S/C11H12N2O2S/c1-6-13-9-4-2-3-7(10(9)16-6)5-8(12)11(14)15/h2-4,8H,5,12H2,1H3,(H,14,15). The molecule has 0 fully saturated rings. The number of thiazole rings is 1. The zero-order valence-electron chi connectivity index (χ0n) is 8.80. The molecule has 1 aromatic heterocycles. The van der Waals surface area contributed by atoms with Crippen molar-refractivity contribution in [2.75, 3.05) is 0 Å². The van der Waals surface area contributed by atoms with Gasteiger partial charge < -0.3 is 10.8 Å². The number of carbonyl (C=O) groups is 1. The van der Waals surface area contributed by atoms with Gasteiger partial charge in [0.15, 0.2) is 0 Å². The van der Waals surface area contributed by atoms with E-state index in [0.29, 0.717) is 6.42 Å². The number of aromatic nitrogens is 1. The van der Waals surface area contributed by atoms with E-state index < -0.39 is 12.0 Å². The highest BCUT2D eigenvalue weighted by molar-refractivity contribution is 7.18. The molecule has 0 saturated carbocycles. The summed E-state index contributed by atoms with van der Waals surface area (Å²) in [6.07, 6.45) is 0.342. The number of hydrogen-bond acceptors (Lipinski definition) is 4. The summed E-state index contributed by atoms with van der Waals surface area (Å²) < 4.78 is 1.04. The van der Waals surface area contributed by atoms with Gasteiger partial charge in [0, 0.05) is 0 Å². The molecule has 3 N–H and O–H groups in total. The number of rotatable bonds is 3. The molecular weight excluding hydrogens is 224 g/mol. The number of carboxylic acid groups (broad SMARTS) is 1. The lowest BCUT2D eigenvalue weighted by molar-refractivity contribution is -0.138. The number of aryl methyl sites for hydroxylation is 1. The monoisotopic (exact) mass is 236 g/mol. The lowest BCUT2D eigenvalue weighted by atomic mass is 10.1. The second kappa shape index (κ2) is 4.19. The Morgan fingerprint density at radius 3 is 3.06 bits per heavy atom. The highest BCUT2D eigenvalue weighted by atomic mass is 32.1. The van der Waals surface area contributed by atoms with Crippen LogP contribution in [0.5, 0.6) is 0 Å². The minimum atomic E-state index is -0.974. The van der Waals surface area contributed by atoms with E-state index in [9.17, 15) is 4.79 Å². The summed E-state index contributed by atoms with van der Waals surface area (Å²) in [6, 6.07) is 4.86. The third-order valence-electron chi connectivity index (χ3n) is 2.36. The van der Waals surface area contributed by atoms with Crippen molar-refractivity contribution in [2.24, 2.45) is 5.73 Å². The van der Waals surface area contributed by atoms with Crippen LogP contribution in [0.15, 0.2) is 18.2 Å². The Hall–Kier alpha value is -1.46. The first-order chi connectivity index (χ1) is 7.58. The Labute approximate surface area is 96.7 Å². The van der Waals surface area contributed by atoms with E-state index in [1.807, 2.05) is 25.1 Å². The first kappa shape index (κ1) is 11.0. The first-order valence-electron chi connectivity index (χ1n) is 4.91. The Balaban J connectivity index is 2.40. The maximum Gasteiger partial charge on any atom is 0.320 e. The van der Waals surface area contributed by atoms with Gasteiger partial charge in [-0.1, -0.05) is 12.1 Å². The van der Waals surface area contributed by atoms with Crippen molar-refractivity contribution in [1.82, 2.24) is 4.98 Å². The quantitative estimate of drug-likeness (QED) is 0.848. The fourth-order valence-corrected chi connectivity index (χ4v) is 2.54. The molecule has 0 aliphatic rings. The van der Waals surface area contributed by atoms with Crippen LogP contribution in [0.1, 0.15) is 10.6 Å². The molecule has 1 unspecified atom stereocenters. The smallest absolute Gasteiger partial charge is 0.320 e. The fourth-order valence-electron chi connectivity index (χ4n) is 1.60. The lowest BCUT2D eigenvalue weighted by Gasteiger charge is -2.06. The number of hydrogen-bond donors (Lipinski definition) is 2. The number of nitrogens with zero attached hydrogens (tertiary/aromatic N) is 1. The third kappa shape index (κ3) is 2.05. The molecule has 1 heterocycles. The van der Waals surface area contributed by atoms with Gasteiger partial charge >= 0.3 is 5.97 Å². The second-order valence-electron chi connectivity index (χ2n) is 3.65. The van der Waals surface area contributed by atoms with Gasteiger partial charge in [-0.05, 0) is 25.0 Å². The Morgan fingerprint density at radius 2 is 2.38 bits per heavy atom. The zero-order valence-corrected chi connectivity index (χ0v) is 9.62. The first-order valence-corrected chi connectivity index (χ1v) is 5.73. The normalized spacial score (nSPS) is 12.9. The molecule has 0 amide bonds. The predicted octanol–water partition coefficient (Wildman–Crippen LogP) is 1.56. The molecule has 0 saturated heterocycles. The Bertz CT molecular complexity index is 536. The van der Waals surface area contributed by atoms with Crippen molar-refractivity contribution in [2.45, 2.75) is 19.4 Å². The highest BCUT2D eigenvalue weighted by Crippen LogP contribution is 2.25. The largest absolute Gasteiger partial charge is 0.480 e. The molecule has 1 aromatic carbocycles. The minimum Gasteiger partial charge on any atom is -0.480 e. The topological polar surface area (TPSA) is 76.2 Å². The van der Waals surface area contributed by atoms with Crippen LogP contribution in [-0.4, -0.2) is 22.1 Å². The van der Waals surface area contributed by atoms with E-state index in [2.05, 4.69) is 4.98 Å². The van der Waals surface area contributed by atoms with E-state index in [0.717, 1.165) is 20.8 Å². The van der Waals surface area contributed by atoms with E-state index in [1.54, 1.807) is 11.3 Å². The summed E-state index contributed by atoms with van der Waals surface area (Å²) in [6.45, 7) is 1.94. The molecule has 2 rings (SSSR count). The summed E-state index contributed by atoms with van der Waals surface area (Å²) in [4.78, 5) is 15.1. The number of carboxylic acids is 1. The van der Waals surface area contributed by atoms with Crippen molar-refractivity contribution < 1.29 is 9.90 Å². The van der Waals surface area contributed by atoms with Crippen molar-refractivity contribution in [3.63, 3.8) is 0 Å². The molecule has 84 valence electrons. The number of benzene rings is 1. The maximum absolute atomic E-state index is 10.7. The number of fused-ring (bicyclic) bond motifs is 1. The Morgan fingerprint density at radius 1 is 1.62 bits per heavy atom. The van der Waals surface area contributed by atoms with Crippen LogP contribution >= 0.6 is 11.3 Å². The average Bonchev–Trinajstić information content (AvgIpc) is 2.59. The molecule has 2 aromatic rings. The molecule has 1 atom stereocenters. The molecule has 0 radical (unpaired) electrons. The van der Waals surface area contributed by atoms with Gasteiger partial charge in [0.2, 0.25) is 0 Å². The minimum absolute atomic E-state index is 0.342. The van der Waals surface area contributed by atoms with Crippen molar-refractivity contribution in [3.05, 3.63) is 28.8 Å². The van der Waals surface area contributed by atoms with Crippen LogP contribution in [0.3, 0.4) is 0 Å². The van der Waals surface area contributed by atoms with E-state index in [1.165, 1.54) is 0 Å². The van der Waals surface area contributed by atoms with Crippen molar-refractivity contribution in [3.8, 4) is 0 Å². The van der Waals surface area contributed by atoms with Crippen LogP contribution in [-0.2, 0) is 11.2 Å². The van der Waals surface area contributed by atoms with Crippen molar-refractivity contribution in [1.29, 1.82) is 0 Å². The molecule has 16 heavy (non-hydrogen) atoms. The van der Waals surface area contributed by atoms with Gasteiger partial charge in [0.1, 0.15) is 6.04 Å². The summed E-state index contributed by atoms with van der Waals surface area (Å²) in [5.74, 6) is -0.974. The average molecular weight is 236 g/mol. The molecule has 0 aliphatic heterocycles.